The second-order valence-electron chi connectivity index (χ2n) is 3.65. The molecule has 90 valence electrons. The first kappa shape index (κ1) is 13.0. The molecule has 0 aliphatic heterocycles. The van der Waals surface area contributed by atoms with Gasteiger partial charge in [-0.1, -0.05) is 23.7 Å². The fraction of sp³-hybridized carbons (Fsp3) is 0.167. The number of hydrogen-bond donors (Lipinski definition) is 1. The van der Waals surface area contributed by atoms with Gasteiger partial charge in [-0.15, -0.1) is 11.3 Å². The van der Waals surface area contributed by atoms with E-state index in [4.69, 9.17) is 17.3 Å². The summed E-state index contributed by atoms with van der Waals surface area (Å²) in [5, 5.41) is 2.09. The molecule has 1 aromatic carbocycles. The Kier molecular flexibility index (Phi) is 4.20. The van der Waals surface area contributed by atoms with Crippen LogP contribution in [0.5, 0.6) is 0 Å². The average molecular weight is 335 g/mol. The lowest BCUT2D eigenvalue weighted by Gasteiger charge is -2.13. The molecule has 0 fully saturated rings. The van der Waals surface area contributed by atoms with E-state index < -0.39 is 5.82 Å². The highest BCUT2D eigenvalue weighted by atomic mass is 79.9. The molecule has 2 rings (SSSR count). The highest BCUT2D eigenvalue weighted by Gasteiger charge is 2.15. The molecule has 0 aliphatic rings. The van der Waals surface area contributed by atoms with E-state index in [1.54, 1.807) is 23.5 Å². The van der Waals surface area contributed by atoms with Crippen LogP contribution in [0.3, 0.4) is 0 Å². The molecule has 5 heteroatoms. The Hall–Kier alpha value is -0.420. The third-order valence-corrected chi connectivity index (χ3v) is 4.72. The zero-order chi connectivity index (χ0) is 12.4. The van der Waals surface area contributed by atoms with Crippen LogP contribution in [-0.2, 0) is 6.42 Å². The normalized spacial score (nSPS) is 12.7. The number of hydrogen-bond acceptors (Lipinski definition) is 2. The molecule has 2 aromatic rings. The van der Waals surface area contributed by atoms with E-state index in [1.165, 1.54) is 6.07 Å². The summed E-state index contributed by atoms with van der Waals surface area (Å²) in [5.74, 6) is -0.422. The number of rotatable bonds is 3. The van der Waals surface area contributed by atoms with Gasteiger partial charge in [-0.25, -0.2) is 4.39 Å². The summed E-state index contributed by atoms with van der Waals surface area (Å²) >= 11 is 10.8. The number of halogens is 3. The van der Waals surface area contributed by atoms with Crippen molar-refractivity contribution in [1.29, 1.82) is 0 Å². The molecule has 0 radical (unpaired) electrons. The van der Waals surface area contributed by atoms with Crippen molar-refractivity contribution >= 4 is 38.9 Å². The van der Waals surface area contributed by atoms with Crippen molar-refractivity contribution in [1.82, 2.24) is 0 Å². The van der Waals surface area contributed by atoms with Gasteiger partial charge in [-0.3, -0.25) is 0 Å². The Balaban J connectivity index is 2.23. The molecule has 0 aliphatic carbocycles. The van der Waals surface area contributed by atoms with Gasteiger partial charge in [0.25, 0.3) is 0 Å². The fourth-order valence-corrected chi connectivity index (χ4v) is 3.34. The van der Waals surface area contributed by atoms with Gasteiger partial charge >= 0.3 is 0 Å². The predicted molar refractivity (Wildman–Crippen MR) is 74.1 cm³/mol. The summed E-state index contributed by atoms with van der Waals surface area (Å²) in [4.78, 5) is 1.11. The molecular formula is C12H10BrClFNS. The molecule has 1 nitrogen and oxygen atoms in total. The largest absolute Gasteiger partial charge is 0.324 e. The van der Waals surface area contributed by atoms with Crippen LogP contribution in [0.2, 0.25) is 5.02 Å². The van der Waals surface area contributed by atoms with Crippen molar-refractivity contribution in [2.75, 3.05) is 0 Å². The Morgan fingerprint density at radius 1 is 1.41 bits per heavy atom. The maximum atomic E-state index is 13.8. The number of benzene rings is 1. The third-order valence-electron chi connectivity index (χ3n) is 2.48. The molecule has 0 amide bonds. The fourth-order valence-electron chi connectivity index (χ4n) is 1.59. The molecule has 0 saturated carbocycles. The average Bonchev–Trinajstić information content (AvgIpc) is 2.68. The van der Waals surface area contributed by atoms with E-state index in [9.17, 15) is 4.39 Å². The molecule has 1 heterocycles. The maximum absolute atomic E-state index is 13.8. The van der Waals surface area contributed by atoms with Crippen LogP contribution < -0.4 is 5.73 Å². The summed E-state index contributed by atoms with van der Waals surface area (Å²) < 4.78 is 14.8. The molecule has 0 bridgehead atoms. The van der Waals surface area contributed by atoms with Crippen LogP contribution in [0.25, 0.3) is 0 Å². The van der Waals surface area contributed by atoms with E-state index in [2.05, 4.69) is 15.9 Å². The standard InChI is InChI=1S/C12H10BrClFNS/c13-8-4-5-17-11(8)6-10(16)7-2-1-3-9(14)12(7)15/h1-5,10H,6,16H2. The molecule has 1 atom stereocenters. The zero-order valence-electron chi connectivity index (χ0n) is 8.79. The number of thiophene rings is 1. The Morgan fingerprint density at radius 2 is 2.18 bits per heavy atom. The van der Waals surface area contributed by atoms with E-state index in [-0.39, 0.29) is 11.1 Å². The summed E-state index contributed by atoms with van der Waals surface area (Å²) in [6, 6.07) is 6.48. The Bertz CT molecular complexity index is 529. The van der Waals surface area contributed by atoms with Crippen LogP contribution in [0.4, 0.5) is 4.39 Å². The molecular weight excluding hydrogens is 325 g/mol. The molecule has 0 saturated heterocycles. The van der Waals surface area contributed by atoms with Gasteiger partial charge in [-0.05, 0) is 33.4 Å². The van der Waals surface area contributed by atoms with Gasteiger partial charge in [0.1, 0.15) is 5.82 Å². The van der Waals surface area contributed by atoms with Gasteiger partial charge in [0.2, 0.25) is 0 Å². The van der Waals surface area contributed by atoms with E-state index in [0.29, 0.717) is 12.0 Å². The predicted octanol–water partition coefficient (Wildman–Crippen LogP) is 4.55. The summed E-state index contributed by atoms with van der Waals surface area (Å²) in [6.45, 7) is 0. The van der Waals surface area contributed by atoms with Crippen molar-refractivity contribution in [3.05, 3.63) is 55.4 Å². The zero-order valence-corrected chi connectivity index (χ0v) is 11.9. The van der Waals surface area contributed by atoms with Crippen LogP contribution in [-0.4, -0.2) is 0 Å². The first-order valence-electron chi connectivity index (χ1n) is 5.01. The third kappa shape index (κ3) is 2.88. The quantitative estimate of drug-likeness (QED) is 0.876. The summed E-state index contributed by atoms with van der Waals surface area (Å²) in [5.41, 5.74) is 6.47. The number of nitrogens with two attached hydrogens (primary N) is 1. The van der Waals surface area contributed by atoms with E-state index in [1.807, 2.05) is 11.4 Å². The van der Waals surface area contributed by atoms with Crippen molar-refractivity contribution < 1.29 is 4.39 Å². The lowest BCUT2D eigenvalue weighted by Crippen LogP contribution is -2.14. The van der Waals surface area contributed by atoms with Crippen molar-refractivity contribution in [2.45, 2.75) is 12.5 Å². The highest BCUT2D eigenvalue weighted by molar-refractivity contribution is 9.10. The Morgan fingerprint density at radius 3 is 2.82 bits per heavy atom. The molecule has 17 heavy (non-hydrogen) atoms. The van der Waals surface area contributed by atoms with Crippen LogP contribution in [0.15, 0.2) is 34.1 Å². The van der Waals surface area contributed by atoms with Crippen molar-refractivity contribution in [3.8, 4) is 0 Å². The Labute approximate surface area is 117 Å². The minimum Gasteiger partial charge on any atom is -0.324 e. The van der Waals surface area contributed by atoms with Crippen LogP contribution >= 0.6 is 38.9 Å². The van der Waals surface area contributed by atoms with Crippen molar-refractivity contribution in [3.63, 3.8) is 0 Å². The second-order valence-corrected chi connectivity index (χ2v) is 5.91. The maximum Gasteiger partial charge on any atom is 0.146 e. The van der Waals surface area contributed by atoms with Gasteiger partial charge in [0.15, 0.2) is 0 Å². The topological polar surface area (TPSA) is 26.0 Å². The van der Waals surface area contributed by atoms with E-state index in [0.717, 1.165) is 9.35 Å². The van der Waals surface area contributed by atoms with Gasteiger partial charge < -0.3 is 5.73 Å². The smallest absolute Gasteiger partial charge is 0.146 e. The highest BCUT2D eigenvalue weighted by Crippen LogP contribution is 2.29. The van der Waals surface area contributed by atoms with Gasteiger partial charge in [-0.2, -0.15) is 0 Å². The van der Waals surface area contributed by atoms with Crippen molar-refractivity contribution in [2.24, 2.45) is 5.73 Å². The first-order valence-corrected chi connectivity index (χ1v) is 7.06. The SMILES string of the molecule is NC(Cc1sccc1Br)c1cccc(Cl)c1F. The van der Waals surface area contributed by atoms with Gasteiger partial charge in [0, 0.05) is 27.4 Å². The molecule has 0 spiro atoms. The minimum atomic E-state index is -0.422. The van der Waals surface area contributed by atoms with Gasteiger partial charge in [0.05, 0.1) is 5.02 Å². The van der Waals surface area contributed by atoms with Crippen LogP contribution in [0.1, 0.15) is 16.5 Å². The van der Waals surface area contributed by atoms with Crippen LogP contribution in [0, 0.1) is 5.82 Å². The summed E-state index contributed by atoms with van der Waals surface area (Å²) in [6.07, 6.45) is 0.593. The minimum absolute atomic E-state index is 0.114. The summed E-state index contributed by atoms with van der Waals surface area (Å²) in [7, 11) is 0. The molecule has 2 N–H and O–H groups in total. The van der Waals surface area contributed by atoms with E-state index >= 15 is 0 Å². The molecule has 1 aromatic heterocycles. The molecule has 1 unspecified atom stereocenters. The lowest BCUT2D eigenvalue weighted by atomic mass is 10.0. The first-order chi connectivity index (χ1) is 8.09. The monoisotopic (exact) mass is 333 g/mol. The second kappa shape index (κ2) is 5.48. The lowest BCUT2D eigenvalue weighted by molar-refractivity contribution is 0.582.